The van der Waals surface area contributed by atoms with E-state index in [0.717, 1.165) is 42.4 Å². The predicted octanol–water partition coefficient (Wildman–Crippen LogP) is 2.22. The number of hydrogen-bond acceptors (Lipinski definition) is 5. The Hall–Kier alpha value is -2.42. The van der Waals surface area contributed by atoms with Crippen molar-refractivity contribution in [3.8, 4) is 0 Å². The number of benzene rings is 1. The lowest BCUT2D eigenvalue weighted by atomic mass is 9.90. The van der Waals surface area contributed by atoms with E-state index >= 15 is 0 Å². The number of likely N-dealkylation sites (N-methyl/N-ethyl adjacent to an activating group) is 1. The van der Waals surface area contributed by atoms with Crippen molar-refractivity contribution in [2.24, 2.45) is 11.8 Å². The molecule has 2 aliphatic rings. The van der Waals surface area contributed by atoms with Crippen LogP contribution in [0.3, 0.4) is 0 Å². The van der Waals surface area contributed by atoms with E-state index in [0.29, 0.717) is 25.7 Å². The standard InChI is InChI=1S/C25H36N4O4/c1-16-14-32-22(33-15-16)13-29(3)25(31)23(28-24(30)18-8-10-26-11-9-18)17(2)20-12-27-21-7-5-4-6-19(20)21/h4-7,12,16-18,22-23,26-27H,8-11,13-15H2,1-3H3,(H,28,30)/t16?,17-,22?,23?/m0/s1. The predicted molar refractivity (Wildman–Crippen MR) is 127 cm³/mol. The number of nitrogens with zero attached hydrogens (tertiary/aromatic N) is 1. The number of aromatic amines is 1. The number of rotatable bonds is 7. The van der Waals surface area contributed by atoms with Crippen LogP contribution in [0.25, 0.3) is 10.9 Å². The summed E-state index contributed by atoms with van der Waals surface area (Å²) < 4.78 is 11.5. The molecule has 180 valence electrons. The molecule has 33 heavy (non-hydrogen) atoms. The highest BCUT2D eigenvalue weighted by Crippen LogP contribution is 2.29. The Labute approximate surface area is 195 Å². The summed E-state index contributed by atoms with van der Waals surface area (Å²) in [5.41, 5.74) is 2.03. The summed E-state index contributed by atoms with van der Waals surface area (Å²) in [6, 6.07) is 7.34. The molecule has 0 bridgehead atoms. The minimum absolute atomic E-state index is 0.0473. The molecule has 0 aliphatic carbocycles. The van der Waals surface area contributed by atoms with E-state index in [1.165, 1.54) is 0 Å². The first kappa shape index (κ1) is 23.7. The lowest BCUT2D eigenvalue weighted by Crippen LogP contribution is -2.53. The van der Waals surface area contributed by atoms with Gasteiger partial charge in [0.05, 0.1) is 19.8 Å². The maximum atomic E-state index is 13.6. The Morgan fingerprint density at radius 1 is 1.18 bits per heavy atom. The first-order valence-electron chi connectivity index (χ1n) is 12.0. The minimum atomic E-state index is -0.681. The SMILES string of the molecule is CC1COC(CN(C)C(=O)C(NC(=O)C2CCNCC2)[C@@H](C)c2c[nH]c3ccccc23)OC1. The minimum Gasteiger partial charge on any atom is -0.361 e. The normalized spacial score (nSPS) is 23.7. The largest absolute Gasteiger partial charge is 0.361 e. The fourth-order valence-corrected chi connectivity index (χ4v) is 4.70. The fourth-order valence-electron chi connectivity index (χ4n) is 4.70. The second-order valence-corrected chi connectivity index (χ2v) is 9.51. The number of H-pyrrole nitrogens is 1. The molecular weight excluding hydrogens is 420 g/mol. The highest BCUT2D eigenvalue weighted by Gasteiger charge is 2.35. The van der Waals surface area contributed by atoms with Crippen molar-refractivity contribution in [2.45, 2.75) is 44.9 Å². The number of hydrogen-bond donors (Lipinski definition) is 3. The van der Waals surface area contributed by atoms with Gasteiger partial charge >= 0.3 is 0 Å². The summed E-state index contributed by atoms with van der Waals surface area (Å²) in [6.07, 6.45) is 3.07. The summed E-state index contributed by atoms with van der Waals surface area (Å²) in [5.74, 6) is -0.125. The molecule has 0 saturated carbocycles. The van der Waals surface area contributed by atoms with Crippen molar-refractivity contribution >= 4 is 22.7 Å². The van der Waals surface area contributed by atoms with Crippen LogP contribution in [0.2, 0.25) is 0 Å². The molecule has 2 atom stereocenters. The van der Waals surface area contributed by atoms with Gasteiger partial charge < -0.3 is 30.0 Å². The van der Waals surface area contributed by atoms with Gasteiger partial charge in [0.2, 0.25) is 11.8 Å². The number of carbonyl (C=O) groups excluding carboxylic acids is 2. The zero-order valence-electron chi connectivity index (χ0n) is 19.8. The van der Waals surface area contributed by atoms with Crippen LogP contribution in [0.15, 0.2) is 30.5 Å². The Kier molecular flexibility index (Phi) is 7.67. The maximum absolute atomic E-state index is 13.6. The second kappa shape index (κ2) is 10.7. The molecule has 2 aliphatic heterocycles. The molecule has 3 N–H and O–H groups in total. The quantitative estimate of drug-likeness (QED) is 0.594. The van der Waals surface area contributed by atoms with Crippen LogP contribution in [0, 0.1) is 11.8 Å². The van der Waals surface area contributed by atoms with Gasteiger partial charge in [0.1, 0.15) is 6.04 Å². The van der Waals surface area contributed by atoms with Gasteiger partial charge in [-0.05, 0) is 37.6 Å². The summed E-state index contributed by atoms with van der Waals surface area (Å²) in [5, 5.41) is 7.47. The number of ether oxygens (including phenoxy) is 2. The number of nitrogens with one attached hydrogen (secondary N) is 3. The topological polar surface area (TPSA) is 95.7 Å². The summed E-state index contributed by atoms with van der Waals surface area (Å²) in [4.78, 5) is 31.7. The maximum Gasteiger partial charge on any atom is 0.245 e. The zero-order valence-corrected chi connectivity index (χ0v) is 19.8. The van der Waals surface area contributed by atoms with E-state index < -0.39 is 12.3 Å². The van der Waals surface area contributed by atoms with Crippen molar-refractivity contribution in [3.63, 3.8) is 0 Å². The molecule has 2 amide bonds. The third-order valence-electron chi connectivity index (χ3n) is 6.82. The molecule has 8 heteroatoms. The molecule has 8 nitrogen and oxygen atoms in total. The first-order valence-corrected chi connectivity index (χ1v) is 12.0. The number of para-hydroxylation sites is 1. The molecular formula is C25H36N4O4. The third-order valence-corrected chi connectivity index (χ3v) is 6.82. The van der Waals surface area contributed by atoms with Crippen LogP contribution in [0.1, 0.15) is 38.2 Å². The van der Waals surface area contributed by atoms with Crippen LogP contribution >= 0.6 is 0 Å². The van der Waals surface area contributed by atoms with Crippen molar-refractivity contribution in [3.05, 3.63) is 36.0 Å². The molecule has 1 aromatic heterocycles. The summed E-state index contributed by atoms with van der Waals surface area (Å²) in [6.45, 7) is 7.28. The lowest BCUT2D eigenvalue weighted by Gasteiger charge is -2.34. The van der Waals surface area contributed by atoms with Crippen molar-refractivity contribution in [1.82, 2.24) is 20.5 Å². The van der Waals surface area contributed by atoms with Gasteiger partial charge in [0.25, 0.3) is 0 Å². The van der Waals surface area contributed by atoms with E-state index in [1.54, 1.807) is 11.9 Å². The summed E-state index contributed by atoms with van der Waals surface area (Å²) in [7, 11) is 1.75. The number of aromatic nitrogens is 1. The van der Waals surface area contributed by atoms with Crippen molar-refractivity contribution in [2.75, 3.05) is 39.9 Å². The van der Waals surface area contributed by atoms with E-state index in [1.807, 2.05) is 37.4 Å². The number of carbonyl (C=O) groups is 2. The van der Waals surface area contributed by atoms with Crippen LogP contribution in [-0.4, -0.2) is 73.9 Å². The molecule has 0 radical (unpaired) electrons. The van der Waals surface area contributed by atoms with Crippen molar-refractivity contribution in [1.29, 1.82) is 0 Å². The average molecular weight is 457 g/mol. The van der Waals surface area contributed by atoms with Gasteiger partial charge in [-0.3, -0.25) is 9.59 Å². The van der Waals surface area contributed by atoms with Gasteiger partial charge in [-0.2, -0.15) is 0 Å². The third kappa shape index (κ3) is 5.57. The molecule has 2 aromatic rings. The zero-order chi connectivity index (χ0) is 23.4. The van der Waals surface area contributed by atoms with Crippen LogP contribution in [-0.2, 0) is 19.1 Å². The van der Waals surface area contributed by atoms with Gasteiger partial charge in [0, 0.05) is 41.9 Å². The fraction of sp³-hybridized carbons (Fsp3) is 0.600. The van der Waals surface area contributed by atoms with Crippen LogP contribution < -0.4 is 10.6 Å². The second-order valence-electron chi connectivity index (χ2n) is 9.51. The average Bonchev–Trinajstić information content (AvgIpc) is 3.27. The summed E-state index contributed by atoms with van der Waals surface area (Å²) >= 11 is 0. The van der Waals surface area contributed by atoms with Gasteiger partial charge in [-0.25, -0.2) is 0 Å². The van der Waals surface area contributed by atoms with E-state index in [-0.39, 0.29) is 23.7 Å². The van der Waals surface area contributed by atoms with Crippen molar-refractivity contribution < 1.29 is 19.1 Å². The number of amides is 2. The van der Waals surface area contributed by atoms with E-state index in [2.05, 4.69) is 22.5 Å². The van der Waals surface area contributed by atoms with Gasteiger partial charge in [-0.15, -0.1) is 0 Å². The molecule has 1 aromatic carbocycles. The van der Waals surface area contributed by atoms with Crippen LogP contribution in [0.5, 0.6) is 0 Å². The molecule has 1 unspecified atom stereocenters. The molecule has 2 saturated heterocycles. The van der Waals surface area contributed by atoms with Gasteiger partial charge in [0.15, 0.2) is 6.29 Å². The molecule has 2 fully saturated rings. The van der Waals surface area contributed by atoms with E-state index in [4.69, 9.17) is 9.47 Å². The molecule has 0 spiro atoms. The molecule has 3 heterocycles. The highest BCUT2D eigenvalue weighted by molar-refractivity contribution is 5.91. The lowest BCUT2D eigenvalue weighted by molar-refractivity contribution is -0.204. The van der Waals surface area contributed by atoms with E-state index in [9.17, 15) is 9.59 Å². The molecule has 4 rings (SSSR count). The smallest absolute Gasteiger partial charge is 0.245 e. The number of fused-ring (bicyclic) bond motifs is 1. The Morgan fingerprint density at radius 2 is 1.88 bits per heavy atom. The Balaban J connectivity index is 1.53. The van der Waals surface area contributed by atoms with Crippen LogP contribution in [0.4, 0.5) is 0 Å². The number of piperidine rings is 1. The Bertz CT molecular complexity index is 947. The monoisotopic (exact) mass is 456 g/mol. The van der Waals surface area contributed by atoms with Gasteiger partial charge in [-0.1, -0.05) is 32.0 Å². The highest BCUT2D eigenvalue weighted by atomic mass is 16.7. The Morgan fingerprint density at radius 3 is 2.61 bits per heavy atom. The first-order chi connectivity index (χ1) is 15.9.